The van der Waals surface area contributed by atoms with Crippen LogP contribution in [0.2, 0.25) is 0 Å². The molecule has 0 aliphatic carbocycles. The number of carbonyl (C=O) groups excluding carboxylic acids is 2. The second-order valence-electron chi connectivity index (χ2n) is 8.07. The van der Waals surface area contributed by atoms with Crippen molar-refractivity contribution >= 4 is 11.7 Å². The van der Waals surface area contributed by atoms with Gasteiger partial charge in [-0.2, -0.15) is 0 Å². The number of hydrogen-bond donors (Lipinski definition) is 0. The van der Waals surface area contributed by atoms with Gasteiger partial charge in [0.15, 0.2) is 5.78 Å². The highest BCUT2D eigenvalue weighted by Crippen LogP contribution is 2.31. The van der Waals surface area contributed by atoms with Crippen LogP contribution in [0.25, 0.3) is 0 Å². The Bertz CT molecular complexity index is 1080. The van der Waals surface area contributed by atoms with E-state index in [-0.39, 0.29) is 30.6 Å². The lowest BCUT2D eigenvalue weighted by Gasteiger charge is -2.22. The van der Waals surface area contributed by atoms with Gasteiger partial charge in [0.05, 0.1) is 6.54 Å². The molecule has 5 nitrogen and oxygen atoms in total. The van der Waals surface area contributed by atoms with Gasteiger partial charge in [-0.25, -0.2) is 0 Å². The lowest BCUT2D eigenvalue weighted by molar-refractivity contribution is -0.131. The van der Waals surface area contributed by atoms with Gasteiger partial charge >= 0.3 is 0 Å². The molecule has 3 aromatic rings. The van der Waals surface area contributed by atoms with Gasteiger partial charge in [-0.1, -0.05) is 66.7 Å². The van der Waals surface area contributed by atoms with Crippen LogP contribution in [0.15, 0.2) is 78.9 Å². The normalized spacial score (nSPS) is 14.0. The minimum atomic E-state index is -0.183. The lowest BCUT2D eigenvalue weighted by Crippen LogP contribution is -2.32. The molecule has 3 aromatic carbocycles. The SMILES string of the molecule is CCO[C@@H](c1ccccc1)c1ccc2c(c1)CN(C(=O)CCC(=O)c1ccccc1)CCO2. The van der Waals surface area contributed by atoms with E-state index >= 15 is 0 Å². The second kappa shape index (κ2) is 10.9. The van der Waals surface area contributed by atoms with Crippen molar-refractivity contribution in [3.8, 4) is 5.75 Å². The van der Waals surface area contributed by atoms with E-state index in [1.807, 2.05) is 55.5 Å². The Morgan fingerprint density at radius 1 is 0.939 bits per heavy atom. The van der Waals surface area contributed by atoms with Gasteiger partial charge < -0.3 is 14.4 Å². The zero-order valence-corrected chi connectivity index (χ0v) is 18.9. The van der Waals surface area contributed by atoms with Gasteiger partial charge in [-0.15, -0.1) is 0 Å². The van der Waals surface area contributed by atoms with Crippen molar-refractivity contribution in [1.82, 2.24) is 4.90 Å². The number of benzene rings is 3. The number of carbonyl (C=O) groups is 2. The average Bonchev–Trinajstić information content (AvgIpc) is 3.08. The maximum Gasteiger partial charge on any atom is 0.223 e. The lowest BCUT2D eigenvalue weighted by atomic mass is 9.98. The summed E-state index contributed by atoms with van der Waals surface area (Å²) < 4.78 is 12.0. The number of Topliss-reactive ketones (excluding diaryl/α,β-unsaturated/α-hetero) is 1. The van der Waals surface area contributed by atoms with Crippen molar-refractivity contribution in [1.29, 1.82) is 0 Å². The molecule has 33 heavy (non-hydrogen) atoms. The van der Waals surface area contributed by atoms with E-state index in [4.69, 9.17) is 9.47 Å². The van der Waals surface area contributed by atoms with Crippen LogP contribution in [0.5, 0.6) is 5.75 Å². The third-order valence-electron chi connectivity index (χ3n) is 5.82. The molecule has 1 heterocycles. The number of ketones is 1. The molecule has 1 aliphatic heterocycles. The van der Waals surface area contributed by atoms with Crippen LogP contribution in [-0.2, 0) is 16.1 Å². The van der Waals surface area contributed by atoms with Crippen LogP contribution in [0.4, 0.5) is 0 Å². The van der Waals surface area contributed by atoms with Crippen LogP contribution in [-0.4, -0.2) is 36.3 Å². The Morgan fingerprint density at radius 3 is 2.39 bits per heavy atom. The first kappa shape index (κ1) is 22.7. The Balaban J connectivity index is 1.48. The van der Waals surface area contributed by atoms with Gasteiger partial charge in [-0.3, -0.25) is 9.59 Å². The molecule has 1 atom stereocenters. The molecule has 0 saturated heterocycles. The van der Waals surface area contributed by atoms with Crippen LogP contribution >= 0.6 is 0 Å². The minimum absolute atomic E-state index is 0.0138. The largest absolute Gasteiger partial charge is 0.491 e. The van der Waals surface area contributed by atoms with Gasteiger partial charge in [-0.05, 0) is 30.2 Å². The van der Waals surface area contributed by atoms with Crippen LogP contribution in [0.1, 0.15) is 52.9 Å². The fourth-order valence-electron chi connectivity index (χ4n) is 4.12. The Hall–Kier alpha value is -3.44. The fourth-order valence-corrected chi connectivity index (χ4v) is 4.12. The number of fused-ring (bicyclic) bond motifs is 1. The third kappa shape index (κ3) is 5.68. The number of rotatable bonds is 8. The molecule has 4 rings (SSSR count). The molecule has 0 spiro atoms. The second-order valence-corrected chi connectivity index (χ2v) is 8.07. The topological polar surface area (TPSA) is 55.8 Å². The molecule has 5 heteroatoms. The summed E-state index contributed by atoms with van der Waals surface area (Å²) >= 11 is 0. The van der Waals surface area contributed by atoms with Crippen LogP contribution in [0.3, 0.4) is 0 Å². The number of ether oxygens (including phenoxy) is 2. The summed E-state index contributed by atoms with van der Waals surface area (Å²) in [6.45, 7) is 3.95. The van der Waals surface area contributed by atoms with E-state index in [0.717, 1.165) is 22.4 Å². The van der Waals surface area contributed by atoms with Crippen molar-refractivity contribution in [2.75, 3.05) is 19.8 Å². The van der Waals surface area contributed by atoms with E-state index < -0.39 is 0 Å². The summed E-state index contributed by atoms with van der Waals surface area (Å²) in [5, 5.41) is 0. The van der Waals surface area contributed by atoms with E-state index in [1.165, 1.54) is 0 Å². The van der Waals surface area contributed by atoms with Gasteiger partial charge in [0.2, 0.25) is 5.91 Å². The van der Waals surface area contributed by atoms with Gasteiger partial charge in [0.25, 0.3) is 0 Å². The van der Waals surface area contributed by atoms with Crippen molar-refractivity contribution in [2.24, 2.45) is 0 Å². The van der Waals surface area contributed by atoms with Crippen molar-refractivity contribution in [3.05, 3.63) is 101 Å². The van der Waals surface area contributed by atoms with E-state index in [2.05, 4.69) is 18.2 Å². The average molecular weight is 444 g/mol. The fraction of sp³-hybridized carbons (Fsp3) is 0.286. The highest BCUT2D eigenvalue weighted by atomic mass is 16.5. The van der Waals surface area contributed by atoms with Crippen molar-refractivity contribution in [3.63, 3.8) is 0 Å². The maximum absolute atomic E-state index is 12.9. The zero-order valence-electron chi connectivity index (χ0n) is 18.9. The molecule has 0 saturated carbocycles. The molecule has 0 fully saturated rings. The highest BCUT2D eigenvalue weighted by Gasteiger charge is 2.23. The molecule has 0 radical (unpaired) electrons. The predicted molar refractivity (Wildman–Crippen MR) is 127 cm³/mol. The Labute approximate surface area is 194 Å². The monoisotopic (exact) mass is 443 g/mol. The van der Waals surface area contributed by atoms with Crippen molar-refractivity contribution < 1.29 is 19.1 Å². The summed E-state index contributed by atoms with van der Waals surface area (Å²) in [5.41, 5.74) is 3.70. The predicted octanol–water partition coefficient (Wildman–Crippen LogP) is 5.20. The first-order valence-electron chi connectivity index (χ1n) is 11.4. The number of nitrogens with zero attached hydrogens (tertiary/aromatic N) is 1. The summed E-state index contributed by atoms with van der Waals surface area (Å²) in [5.74, 6) is 0.739. The molecular weight excluding hydrogens is 414 g/mol. The molecule has 1 amide bonds. The smallest absolute Gasteiger partial charge is 0.223 e. The standard InChI is InChI=1S/C28H29NO4/c1-2-32-28(22-11-7-4-8-12-22)23-13-15-26-24(19-23)20-29(17-18-33-26)27(31)16-14-25(30)21-9-5-3-6-10-21/h3-13,15,19,28H,2,14,16-18,20H2,1H3/t28-/m0/s1. The number of hydrogen-bond acceptors (Lipinski definition) is 4. The van der Waals surface area contributed by atoms with E-state index in [1.54, 1.807) is 17.0 Å². The number of amides is 1. The minimum Gasteiger partial charge on any atom is -0.491 e. The quantitative estimate of drug-likeness (QED) is 0.449. The molecule has 0 bridgehead atoms. The molecule has 1 aliphatic rings. The zero-order chi connectivity index (χ0) is 23.0. The Morgan fingerprint density at radius 2 is 1.67 bits per heavy atom. The molecule has 0 aromatic heterocycles. The first-order chi connectivity index (χ1) is 16.2. The first-order valence-corrected chi connectivity index (χ1v) is 11.4. The van der Waals surface area contributed by atoms with Gasteiger partial charge in [0.1, 0.15) is 18.5 Å². The van der Waals surface area contributed by atoms with Crippen LogP contribution < -0.4 is 4.74 Å². The van der Waals surface area contributed by atoms with E-state index in [0.29, 0.717) is 31.9 Å². The Kier molecular flexibility index (Phi) is 7.53. The summed E-state index contributed by atoms with van der Waals surface area (Å²) in [7, 11) is 0. The summed E-state index contributed by atoms with van der Waals surface area (Å²) in [6, 6.07) is 25.3. The van der Waals surface area contributed by atoms with Crippen molar-refractivity contribution in [2.45, 2.75) is 32.4 Å². The molecule has 0 N–H and O–H groups in total. The van der Waals surface area contributed by atoms with Gasteiger partial charge in [0, 0.05) is 37.1 Å². The summed E-state index contributed by atoms with van der Waals surface area (Å²) in [6.07, 6.45) is 0.208. The van der Waals surface area contributed by atoms with E-state index in [9.17, 15) is 9.59 Å². The highest BCUT2D eigenvalue weighted by molar-refractivity contribution is 5.97. The molecular formula is C28H29NO4. The molecule has 170 valence electrons. The maximum atomic E-state index is 12.9. The van der Waals surface area contributed by atoms with Crippen LogP contribution in [0, 0.1) is 0 Å². The molecule has 0 unspecified atom stereocenters. The third-order valence-corrected chi connectivity index (χ3v) is 5.82. The summed E-state index contributed by atoms with van der Waals surface area (Å²) in [4.78, 5) is 27.1.